The Hall–Kier alpha value is -2.21. The van der Waals surface area contributed by atoms with Crippen molar-refractivity contribution in [1.29, 1.82) is 0 Å². The van der Waals surface area contributed by atoms with Gasteiger partial charge in [0, 0.05) is 0 Å². The summed E-state index contributed by atoms with van der Waals surface area (Å²) in [7, 11) is 0. The first-order valence-electron chi connectivity index (χ1n) is 5.38. The van der Waals surface area contributed by atoms with E-state index < -0.39 is 0 Å². The van der Waals surface area contributed by atoms with Crippen molar-refractivity contribution in [3.63, 3.8) is 0 Å². The molecule has 0 fully saturated rings. The van der Waals surface area contributed by atoms with Gasteiger partial charge >= 0.3 is 0 Å². The molecule has 1 aliphatic rings. The van der Waals surface area contributed by atoms with E-state index in [2.05, 4.69) is 30.3 Å². The highest BCUT2D eigenvalue weighted by Gasteiger charge is 2.15. The minimum Gasteiger partial charge on any atom is -0.474 e. The van der Waals surface area contributed by atoms with E-state index in [9.17, 15) is 0 Å². The van der Waals surface area contributed by atoms with Crippen LogP contribution in [0, 0.1) is 0 Å². The molecule has 0 aromatic rings. The van der Waals surface area contributed by atoms with E-state index in [1.807, 2.05) is 0 Å². The summed E-state index contributed by atoms with van der Waals surface area (Å²) in [5.74, 6) is 0.810. The van der Waals surface area contributed by atoms with Crippen molar-refractivity contribution < 1.29 is 14.3 Å². The Kier molecular flexibility index (Phi) is 6.13. The Balaban J connectivity index is 2.64. The summed E-state index contributed by atoms with van der Waals surface area (Å²) in [5.41, 5.74) is 2.79. The maximum atomic E-state index is 5.35. The molecule has 0 aromatic carbocycles. The maximum absolute atomic E-state index is 5.35. The normalized spacial score (nSPS) is 13.9. The number of nitrogens with zero attached hydrogens (tertiary/aromatic N) is 2. The molecule has 6 nitrogen and oxygen atoms in total. The zero-order valence-corrected chi connectivity index (χ0v) is 10.2. The zero-order chi connectivity index (χ0) is 13.2. The van der Waals surface area contributed by atoms with Crippen LogP contribution in [-0.2, 0) is 14.3 Å². The first-order chi connectivity index (χ1) is 8.80. The Morgan fingerprint density at radius 3 is 2.44 bits per heavy atom. The van der Waals surface area contributed by atoms with Gasteiger partial charge in [-0.2, -0.15) is 0 Å². The fourth-order valence-electron chi connectivity index (χ4n) is 1.00. The number of rotatable bonds is 8. The molecule has 1 N–H and O–H groups in total. The van der Waals surface area contributed by atoms with Crippen LogP contribution in [-0.4, -0.2) is 31.0 Å². The fraction of sp³-hybridized carbons (Fsp3) is 0.250. The topological polar surface area (TPSA) is 55.3 Å². The smallest absolute Gasteiger partial charge is 0.241 e. The Morgan fingerprint density at radius 2 is 1.78 bits per heavy atom. The Bertz CT molecular complexity index is 364. The Labute approximate surface area is 106 Å². The van der Waals surface area contributed by atoms with Gasteiger partial charge < -0.3 is 9.47 Å². The molecular formula is C12H17N3O3. The summed E-state index contributed by atoms with van der Waals surface area (Å²) in [6, 6.07) is 0. The number of ether oxygens (including phenoxy) is 2. The monoisotopic (exact) mass is 251 g/mol. The number of hydrazine groups is 1. The third-order valence-electron chi connectivity index (χ3n) is 1.67. The molecule has 0 aromatic heterocycles. The highest BCUT2D eigenvalue weighted by Crippen LogP contribution is 2.06. The molecule has 0 aliphatic carbocycles. The third-order valence-corrected chi connectivity index (χ3v) is 1.67. The highest BCUT2D eigenvalue weighted by molar-refractivity contribution is 5.88. The lowest BCUT2D eigenvalue weighted by molar-refractivity contribution is -0.190. The minimum atomic E-state index is 0.306. The van der Waals surface area contributed by atoms with Gasteiger partial charge in [-0.3, -0.25) is 0 Å². The van der Waals surface area contributed by atoms with Crippen LogP contribution in [0.4, 0.5) is 0 Å². The van der Waals surface area contributed by atoms with Crippen molar-refractivity contribution in [2.45, 2.75) is 0 Å². The average Bonchev–Trinajstić information content (AvgIpc) is 2.40. The second kappa shape index (κ2) is 7.97. The molecule has 0 spiro atoms. The first-order valence-corrected chi connectivity index (χ1v) is 5.38. The second-order valence-electron chi connectivity index (χ2n) is 3.12. The third kappa shape index (κ3) is 4.75. The largest absolute Gasteiger partial charge is 0.474 e. The standard InChI is InChI=1S/C12H17N3O3/c1-4-7-16-11-10-12(17-8-5-2)14-15(13-11)18-9-6-3/h4-6,10,13H,1-3,7-9H2. The summed E-state index contributed by atoms with van der Waals surface area (Å²) in [6.07, 6.45) is 6.47. The molecule has 18 heavy (non-hydrogen) atoms. The molecule has 1 aliphatic heterocycles. The van der Waals surface area contributed by atoms with Crippen LogP contribution >= 0.6 is 0 Å². The SMILES string of the molecule is C=CCOC1=CC(OCC=C)=NN(OCC=C)N1. The number of hydrogen-bond donors (Lipinski definition) is 1. The number of hydrogen-bond acceptors (Lipinski definition) is 6. The van der Waals surface area contributed by atoms with Crippen molar-refractivity contribution in [3.05, 3.63) is 49.9 Å². The molecule has 0 saturated heterocycles. The van der Waals surface area contributed by atoms with Gasteiger partial charge in [0.05, 0.1) is 12.7 Å². The maximum Gasteiger partial charge on any atom is 0.241 e. The lowest BCUT2D eigenvalue weighted by Crippen LogP contribution is -2.38. The summed E-state index contributed by atoms with van der Waals surface area (Å²) in [5, 5.41) is 5.18. The van der Waals surface area contributed by atoms with E-state index in [4.69, 9.17) is 14.3 Å². The van der Waals surface area contributed by atoms with Crippen LogP contribution in [0.2, 0.25) is 0 Å². The molecule has 1 rings (SSSR count). The average molecular weight is 251 g/mol. The van der Waals surface area contributed by atoms with Crippen LogP contribution in [0.1, 0.15) is 0 Å². The molecular weight excluding hydrogens is 234 g/mol. The zero-order valence-electron chi connectivity index (χ0n) is 10.2. The van der Waals surface area contributed by atoms with Gasteiger partial charge in [-0.25, -0.2) is 10.3 Å². The summed E-state index contributed by atoms with van der Waals surface area (Å²) < 4.78 is 10.7. The van der Waals surface area contributed by atoms with Gasteiger partial charge in [0.2, 0.25) is 11.8 Å². The van der Waals surface area contributed by atoms with Gasteiger partial charge in [0.1, 0.15) is 13.2 Å². The van der Waals surface area contributed by atoms with Crippen molar-refractivity contribution in [2.75, 3.05) is 19.8 Å². The predicted molar refractivity (Wildman–Crippen MR) is 68.9 cm³/mol. The summed E-state index contributed by atoms with van der Waals surface area (Å²) in [4.78, 5) is 5.22. The van der Waals surface area contributed by atoms with Crippen molar-refractivity contribution in [3.8, 4) is 0 Å². The lowest BCUT2D eigenvalue weighted by atomic mass is 10.5. The molecule has 1 heterocycles. The van der Waals surface area contributed by atoms with Crippen LogP contribution in [0.15, 0.2) is 55.0 Å². The van der Waals surface area contributed by atoms with Crippen LogP contribution in [0.5, 0.6) is 0 Å². The quantitative estimate of drug-likeness (QED) is 0.662. The second-order valence-corrected chi connectivity index (χ2v) is 3.12. The van der Waals surface area contributed by atoms with Crippen LogP contribution in [0.25, 0.3) is 0 Å². The molecule has 0 saturated carbocycles. The van der Waals surface area contributed by atoms with E-state index in [0.717, 1.165) is 5.28 Å². The molecule has 0 atom stereocenters. The summed E-state index contributed by atoms with van der Waals surface area (Å²) in [6.45, 7) is 11.7. The van der Waals surface area contributed by atoms with Gasteiger partial charge in [-0.15, -0.1) is 6.58 Å². The highest BCUT2D eigenvalue weighted by atomic mass is 16.7. The minimum absolute atomic E-state index is 0.306. The van der Waals surface area contributed by atoms with Gasteiger partial charge in [0.15, 0.2) is 0 Å². The van der Waals surface area contributed by atoms with Crippen LogP contribution in [0.3, 0.4) is 0 Å². The molecule has 6 heteroatoms. The number of hydrazone groups is 1. The predicted octanol–water partition coefficient (Wildman–Crippen LogP) is 1.48. The molecule has 0 amide bonds. The van der Waals surface area contributed by atoms with Gasteiger partial charge in [-0.1, -0.05) is 41.8 Å². The fourth-order valence-corrected chi connectivity index (χ4v) is 1.00. The van der Waals surface area contributed by atoms with Crippen molar-refractivity contribution in [1.82, 2.24) is 10.7 Å². The van der Waals surface area contributed by atoms with Gasteiger partial charge in [-0.05, 0) is 0 Å². The van der Waals surface area contributed by atoms with E-state index >= 15 is 0 Å². The summed E-state index contributed by atoms with van der Waals surface area (Å²) >= 11 is 0. The number of nitrogens with one attached hydrogen (secondary N) is 1. The van der Waals surface area contributed by atoms with Gasteiger partial charge in [0.25, 0.3) is 0 Å². The van der Waals surface area contributed by atoms with E-state index in [1.165, 1.54) is 0 Å². The van der Waals surface area contributed by atoms with E-state index in [0.29, 0.717) is 31.6 Å². The van der Waals surface area contributed by atoms with Crippen molar-refractivity contribution >= 4 is 5.90 Å². The first kappa shape index (κ1) is 13.9. The molecule has 0 bridgehead atoms. The lowest BCUT2D eigenvalue weighted by Gasteiger charge is -2.24. The molecule has 98 valence electrons. The molecule has 0 unspecified atom stereocenters. The van der Waals surface area contributed by atoms with Crippen molar-refractivity contribution in [2.24, 2.45) is 5.10 Å². The van der Waals surface area contributed by atoms with Crippen LogP contribution < -0.4 is 5.43 Å². The van der Waals surface area contributed by atoms with E-state index in [1.54, 1.807) is 24.3 Å². The Morgan fingerprint density at radius 1 is 1.11 bits per heavy atom. The van der Waals surface area contributed by atoms with E-state index in [-0.39, 0.29) is 0 Å². The molecule has 0 radical (unpaired) electrons.